The van der Waals surface area contributed by atoms with Gasteiger partial charge in [0, 0.05) is 24.1 Å². The van der Waals surface area contributed by atoms with Gasteiger partial charge in [0.1, 0.15) is 5.75 Å². The summed E-state index contributed by atoms with van der Waals surface area (Å²) in [7, 11) is 5.69. The minimum atomic E-state index is -0.222. The molecule has 5 nitrogen and oxygen atoms in total. The second-order valence-corrected chi connectivity index (χ2v) is 11.4. The average molecular weight is 573 g/mol. The Hall–Kier alpha value is -3.42. The summed E-state index contributed by atoms with van der Waals surface area (Å²) in [6.07, 6.45) is 3.76. The predicted molar refractivity (Wildman–Crippen MR) is 154 cm³/mol. The Morgan fingerprint density at radius 3 is 2.70 bits per heavy atom. The summed E-state index contributed by atoms with van der Waals surface area (Å²) in [5.74, 6) is 0.779. The first-order valence-corrected chi connectivity index (χ1v) is 13.8. The second kappa shape index (κ2) is 9.47. The van der Waals surface area contributed by atoms with Crippen LogP contribution in [-0.4, -0.2) is 25.8 Å². The number of halogens is 1. The fraction of sp³-hybridized carbons (Fsp3) is 0.200. The van der Waals surface area contributed by atoms with E-state index in [2.05, 4.69) is 57.2 Å². The van der Waals surface area contributed by atoms with Crippen LogP contribution in [0.5, 0.6) is 5.75 Å². The fourth-order valence-corrected chi connectivity index (χ4v) is 7.01. The smallest absolute Gasteiger partial charge is 0.271 e. The Labute approximate surface area is 227 Å². The second-order valence-electron chi connectivity index (χ2n) is 9.50. The van der Waals surface area contributed by atoms with Gasteiger partial charge in [-0.1, -0.05) is 53.8 Å². The first-order valence-electron chi connectivity index (χ1n) is 12.2. The van der Waals surface area contributed by atoms with Gasteiger partial charge in [0.15, 0.2) is 4.80 Å². The quantitative estimate of drug-likeness (QED) is 0.340. The van der Waals surface area contributed by atoms with E-state index < -0.39 is 0 Å². The average Bonchev–Trinajstić information content (AvgIpc) is 3.21. The zero-order chi connectivity index (χ0) is 25.7. The normalized spacial score (nSPS) is 16.5. The molecule has 0 fully saturated rings. The van der Waals surface area contributed by atoms with Crippen LogP contribution < -0.4 is 24.5 Å². The van der Waals surface area contributed by atoms with E-state index >= 15 is 0 Å². The molecule has 0 saturated heterocycles. The van der Waals surface area contributed by atoms with E-state index in [1.54, 1.807) is 7.11 Å². The van der Waals surface area contributed by atoms with Crippen LogP contribution in [0.2, 0.25) is 0 Å². The minimum Gasteiger partial charge on any atom is -0.497 e. The molecule has 0 saturated carbocycles. The summed E-state index contributed by atoms with van der Waals surface area (Å²) < 4.78 is 9.07. The lowest BCUT2D eigenvalue weighted by atomic mass is 9.83. The molecule has 1 unspecified atom stereocenters. The van der Waals surface area contributed by atoms with Crippen molar-refractivity contribution in [3.05, 3.63) is 119 Å². The number of methoxy groups -OCH3 is 1. The molecule has 186 valence electrons. The molecule has 1 aliphatic heterocycles. The fourth-order valence-electron chi connectivity index (χ4n) is 5.26. The Bertz CT molecular complexity index is 1750. The van der Waals surface area contributed by atoms with Gasteiger partial charge in [-0.2, -0.15) is 0 Å². The van der Waals surface area contributed by atoms with E-state index in [1.165, 1.54) is 22.5 Å². The number of thiazole rings is 1. The zero-order valence-electron chi connectivity index (χ0n) is 20.9. The number of aryl methyl sites for hydroxylation is 1. The third kappa shape index (κ3) is 4.16. The van der Waals surface area contributed by atoms with E-state index in [4.69, 9.17) is 9.73 Å². The Balaban J connectivity index is 1.58. The van der Waals surface area contributed by atoms with Crippen LogP contribution >= 0.6 is 27.3 Å². The number of ether oxygens (including phenoxy) is 1. The Morgan fingerprint density at radius 2 is 1.92 bits per heavy atom. The zero-order valence-corrected chi connectivity index (χ0v) is 23.3. The van der Waals surface area contributed by atoms with Gasteiger partial charge in [-0.05, 0) is 81.4 Å². The number of allylic oxidation sites excluding steroid dienone is 1. The third-order valence-electron chi connectivity index (χ3n) is 7.03. The molecule has 0 radical (unpaired) electrons. The molecule has 0 amide bonds. The van der Waals surface area contributed by atoms with E-state index in [0.29, 0.717) is 4.53 Å². The van der Waals surface area contributed by atoms with Crippen molar-refractivity contribution < 1.29 is 4.74 Å². The number of hydrogen-bond donors (Lipinski definition) is 0. The van der Waals surface area contributed by atoms with Crippen LogP contribution in [0.3, 0.4) is 0 Å². The molecule has 3 aromatic carbocycles. The lowest BCUT2D eigenvalue weighted by Gasteiger charge is -2.31. The van der Waals surface area contributed by atoms with Crippen LogP contribution in [0.15, 0.2) is 86.6 Å². The molecular weight excluding hydrogens is 546 g/mol. The highest BCUT2D eigenvalue weighted by molar-refractivity contribution is 9.10. The van der Waals surface area contributed by atoms with Gasteiger partial charge in [-0.25, -0.2) is 4.99 Å². The molecular formula is C30H26BrN3O2S. The molecule has 37 heavy (non-hydrogen) atoms. The molecule has 0 N–H and O–H groups in total. The SMILES string of the molecule is COc1cccc(C2C3=C(N=c4sc(=Cc5ccc(N(C)C)c(Br)c5)c(=O)n42)c2ccccc2CC3)c1. The van der Waals surface area contributed by atoms with E-state index in [-0.39, 0.29) is 11.6 Å². The first-order chi connectivity index (χ1) is 17.9. The summed E-state index contributed by atoms with van der Waals surface area (Å²) in [4.78, 5) is 21.8. The Kier molecular flexibility index (Phi) is 6.13. The number of fused-ring (bicyclic) bond motifs is 3. The monoisotopic (exact) mass is 571 g/mol. The number of anilines is 1. The number of benzene rings is 3. The van der Waals surface area contributed by atoms with Crippen LogP contribution in [-0.2, 0) is 6.42 Å². The molecule has 0 bridgehead atoms. The topological polar surface area (TPSA) is 46.8 Å². The first kappa shape index (κ1) is 23.9. The van der Waals surface area contributed by atoms with Gasteiger partial charge < -0.3 is 9.64 Å². The highest BCUT2D eigenvalue weighted by atomic mass is 79.9. The van der Waals surface area contributed by atoms with Crippen molar-refractivity contribution in [1.82, 2.24) is 4.57 Å². The van der Waals surface area contributed by atoms with Gasteiger partial charge in [0.05, 0.1) is 29.1 Å². The van der Waals surface area contributed by atoms with Crippen molar-refractivity contribution in [2.75, 3.05) is 26.1 Å². The highest BCUT2D eigenvalue weighted by Gasteiger charge is 2.32. The van der Waals surface area contributed by atoms with Gasteiger partial charge in [-0.15, -0.1) is 0 Å². The van der Waals surface area contributed by atoms with Crippen molar-refractivity contribution in [2.24, 2.45) is 4.99 Å². The van der Waals surface area contributed by atoms with Gasteiger partial charge >= 0.3 is 0 Å². The maximum absolute atomic E-state index is 13.9. The number of nitrogens with zero attached hydrogens (tertiary/aromatic N) is 3. The number of rotatable bonds is 4. The van der Waals surface area contributed by atoms with Gasteiger partial charge in [-0.3, -0.25) is 9.36 Å². The lowest BCUT2D eigenvalue weighted by Crippen LogP contribution is -2.38. The van der Waals surface area contributed by atoms with Crippen molar-refractivity contribution in [3.63, 3.8) is 0 Å². The molecule has 2 aliphatic rings. The lowest BCUT2D eigenvalue weighted by molar-refractivity contribution is 0.413. The molecule has 6 rings (SSSR count). The van der Waals surface area contributed by atoms with Crippen molar-refractivity contribution in [1.29, 1.82) is 0 Å². The van der Waals surface area contributed by atoms with Gasteiger partial charge in [0.25, 0.3) is 5.56 Å². The third-order valence-corrected chi connectivity index (χ3v) is 8.65. The molecule has 4 aromatic rings. The number of aromatic nitrogens is 1. The minimum absolute atomic E-state index is 0.0187. The largest absolute Gasteiger partial charge is 0.497 e. The predicted octanol–water partition coefficient (Wildman–Crippen LogP) is 5.16. The van der Waals surface area contributed by atoms with Crippen LogP contribution in [0.1, 0.15) is 34.7 Å². The maximum Gasteiger partial charge on any atom is 0.271 e. The number of hydrogen-bond acceptors (Lipinski definition) is 5. The summed E-state index contributed by atoms with van der Waals surface area (Å²) in [5, 5.41) is 0. The highest BCUT2D eigenvalue weighted by Crippen LogP contribution is 2.41. The maximum atomic E-state index is 13.9. The van der Waals surface area contributed by atoms with Crippen molar-refractivity contribution in [3.8, 4) is 5.75 Å². The molecule has 2 heterocycles. The molecule has 7 heteroatoms. The van der Waals surface area contributed by atoms with Crippen molar-refractivity contribution >= 4 is 44.7 Å². The van der Waals surface area contributed by atoms with Crippen LogP contribution in [0.4, 0.5) is 5.69 Å². The molecule has 1 aliphatic carbocycles. The standard InChI is InChI=1S/C30H26BrN3O2S/c1-33(2)25-14-11-18(15-24(25)31)16-26-29(35)34-28(20-8-6-9-21(17-20)36-3)23-13-12-19-7-4-5-10-22(19)27(23)32-30(34)37-26/h4-11,14-17,28H,12-13H2,1-3H3. The van der Waals surface area contributed by atoms with Crippen LogP contribution in [0.25, 0.3) is 11.8 Å². The van der Waals surface area contributed by atoms with Crippen LogP contribution in [0, 0.1) is 0 Å². The van der Waals surface area contributed by atoms with E-state index in [1.807, 2.05) is 55.1 Å². The molecule has 0 spiro atoms. The van der Waals surface area contributed by atoms with Gasteiger partial charge in [0.2, 0.25) is 0 Å². The summed E-state index contributed by atoms with van der Waals surface area (Å²) in [6.45, 7) is 0. The summed E-state index contributed by atoms with van der Waals surface area (Å²) in [6, 6.07) is 22.4. The Morgan fingerprint density at radius 1 is 1.08 bits per heavy atom. The summed E-state index contributed by atoms with van der Waals surface area (Å²) in [5.41, 5.74) is 7.72. The summed E-state index contributed by atoms with van der Waals surface area (Å²) >= 11 is 5.12. The molecule has 1 atom stereocenters. The van der Waals surface area contributed by atoms with E-state index in [9.17, 15) is 4.79 Å². The van der Waals surface area contributed by atoms with E-state index in [0.717, 1.165) is 55.9 Å². The molecule has 1 aromatic heterocycles. The van der Waals surface area contributed by atoms with Crippen molar-refractivity contribution in [2.45, 2.75) is 18.9 Å².